The molecule has 0 radical (unpaired) electrons. The summed E-state index contributed by atoms with van der Waals surface area (Å²) in [5.74, 6) is 1.60. The summed E-state index contributed by atoms with van der Waals surface area (Å²) in [5.41, 5.74) is 0. The van der Waals surface area contributed by atoms with Crippen LogP contribution in [0.5, 0.6) is 5.75 Å². The number of halogens is 1. The summed E-state index contributed by atoms with van der Waals surface area (Å²) in [6.45, 7) is 2.16. The van der Waals surface area contributed by atoms with Crippen molar-refractivity contribution in [2.75, 3.05) is 0 Å². The molecule has 0 aliphatic rings. The molecule has 0 saturated carbocycles. The fourth-order valence-electron chi connectivity index (χ4n) is 1.11. The highest BCUT2D eigenvalue weighted by atomic mass is 35.5. The fraction of sp³-hybridized carbons (Fsp3) is 0.300. The van der Waals surface area contributed by atoms with Crippen LogP contribution in [0, 0.1) is 0 Å². The van der Waals surface area contributed by atoms with Crippen LogP contribution in [0.2, 0.25) is 5.15 Å². The van der Waals surface area contributed by atoms with E-state index in [0.717, 1.165) is 0 Å². The Bertz CT molecular complexity index is 473. The van der Waals surface area contributed by atoms with Crippen molar-refractivity contribution < 1.29 is 9.26 Å². The van der Waals surface area contributed by atoms with Gasteiger partial charge in [0, 0.05) is 12.6 Å². The minimum Gasteiger partial charge on any atom is -0.482 e. The zero-order chi connectivity index (χ0) is 11.4. The van der Waals surface area contributed by atoms with E-state index in [4.69, 9.17) is 20.9 Å². The number of nitrogens with zero attached hydrogens (tertiary/aromatic N) is 3. The molecule has 0 unspecified atom stereocenters. The second-order valence-corrected chi connectivity index (χ2v) is 3.40. The minimum atomic E-state index is 0.217. The van der Waals surface area contributed by atoms with Gasteiger partial charge in [0.25, 0.3) is 0 Å². The lowest BCUT2D eigenvalue weighted by Gasteiger charge is -2.03. The lowest BCUT2D eigenvalue weighted by atomic mass is 10.4. The van der Waals surface area contributed by atoms with Gasteiger partial charge in [0.2, 0.25) is 11.7 Å². The molecule has 0 amide bonds. The third-order valence-electron chi connectivity index (χ3n) is 1.89. The van der Waals surface area contributed by atoms with E-state index in [0.29, 0.717) is 29.0 Å². The molecule has 0 atom stereocenters. The highest BCUT2D eigenvalue weighted by molar-refractivity contribution is 6.30. The van der Waals surface area contributed by atoms with Crippen molar-refractivity contribution in [1.29, 1.82) is 0 Å². The van der Waals surface area contributed by atoms with E-state index in [9.17, 15) is 0 Å². The molecule has 2 aromatic rings. The summed E-state index contributed by atoms with van der Waals surface area (Å²) >= 11 is 5.82. The van der Waals surface area contributed by atoms with Crippen molar-refractivity contribution in [2.24, 2.45) is 0 Å². The van der Waals surface area contributed by atoms with Crippen LogP contribution in [0.15, 0.2) is 22.9 Å². The molecule has 0 aliphatic carbocycles. The Balaban J connectivity index is 1.99. The SMILES string of the molecule is CCc1nc(COc2cccnc2Cl)no1. The van der Waals surface area contributed by atoms with Crippen LogP contribution in [0.3, 0.4) is 0 Å². The van der Waals surface area contributed by atoms with E-state index in [2.05, 4.69) is 15.1 Å². The number of aryl methyl sites for hydroxylation is 1. The van der Waals surface area contributed by atoms with Crippen LogP contribution < -0.4 is 4.74 Å². The standard InChI is InChI=1S/C10H10ClN3O2/c1-2-9-13-8(14-16-9)6-15-7-4-3-5-12-10(7)11/h3-5H,2,6H2,1H3. The van der Waals surface area contributed by atoms with Gasteiger partial charge >= 0.3 is 0 Å². The van der Waals surface area contributed by atoms with Gasteiger partial charge in [-0.05, 0) is 12.1 Å². The second kappa shape index (κ2) is 4.94. The molecule has 5 nitrogen and oxygen atoms in total. The first kappa shape index (κ1) is 10.9. The van der Waals surface area contributed by atoms with Crippen LogP contribution >= 0.6 is 11.6 Å². The van der Waals surface area contributed by atoms with Gasteiger partial charge in [-0.3, -0.25) is 0 Å². The zero-order valence-electron chi connectivity index (χ0n) is 8.68. The van der Waals surface area contributed by atoms with Gasteiger partial charge in [0.05, 0.1) is 0 Å². The molecule has 0 aromatic carbocycles. The first-order chi connectivity index (χ1) is 7.79. The summed E-state index contributed by atoms with van der Waals surface area (Å²) in [6, 6.07) is 3.48. The minimum absolute atomic E-state index is 0.217. The molecule has 2 aromatic heterocycles. The van der Waals surface area contributed by atoms with E-state index >= 15 is 0 Å². The van der Waals surface area contributed by atoms with Crippen LogP contribution in [-0.4, -0.2) is 15.1 Å². The van der Waals surface area contributed by atoms with E-state index in [1.165, 1.54) is 0 Å². The van der Waals surface area contributed by atoms with Crippen molar-refractivity contribution in [3.8, 4) is 5.75 Å². The van der Waals surface area contributed by atoms with Gasteiger partial charge in [-0.2, -0.15) is 4.98 Å². The quantitative estimate of drug-likeness (QED) is 0.766. The van der Waals surface area contributed by atoms with Crippen molar-refractivity contribution in [3.63, 3.8) is 0 Å². The fourth-order valence-corrected chi connectivity index (χ4v) is 1.29. The van der Waals surface area contributed by atoms with Crippen molar-refractivity contribution in [1.82, 2.24) is 15.1 Å². The van der Waals surface area contributed by atoms with Gasteiger partial charge in [0.15, 0.2) is 17.5 Å². The van der Waals surface area contributed by atoms with Crippen LogP contribution in [0.25, 0.3) is 0 Å². The second-order valence-electron chi connectivity index (χ2n) is 3.04. The van der Waals surface area contributed by atoms with Gasteiger partial charge in [-0.25, -0.2) is 4.98 Å². The Morgan fingerprint density at radius 1 is 1.50 bits per heavy atom. The molecule has 0 spiro atoms. The highest BCUT2D eigenvalue weighted by Gasteiger charge is 2.06. The predicted octanol–water partition coefficient (Wildman–Crippen LogP) is 2.26. The monoisotopic (exact) mass is 239 g/mol. The Labute approximate surface area is 97.4 Å². The van der Waals surface area contributed by atoms with Crippen LogP contribution in [0.1, 0.15) is 18.6 Å². The third kappa shape index (κ3) is 2.49. The smallest absolute Gasteiger partial charge is 0.226 e. The number of aromatic nitrogens is 3. The maximum atomic E-state index is 5.82. The average Bonchev–Trinajstić information content (AvgIpc) is 2.76. The molecule has 2 rings (SSSR count). The topological polar surface area (TPSA) is 61.0 Å². The molecular weight excluding hydrogens is 230 g/mol. The molecule has 0 aliphatic heterocycles. The molecule has 84 valence electrons. The Kier molecular flexibility index (Phi) is 3.36. The first-order valence-corrected chi connectivity index (χ1v) is 5.22. The molecule has 0 N–H and O–H groups in total. The maximum absolute atomic E-state index is 5.82. The molecular formula is C10H10ClN3O2. The molecule has 0 bridgehead atoms. The molecule has 6 heteroatoms. The Morgan fingerprint density at radius 2 is 2.38 bits per heavy atom. The zero-order valence-corrected chi connectivity index (χ0v) is 9.44. The summed E-state index contributed by atoms with van der Waals surface area (Å²) < 4.78 is 10.3. The third-order valence-corrected chi connectivity index (χ3v) is 2.18. The number of rotatable bonds is 4. The summed E-state index contributed by atoms with van der Waals surface area (Å²) in [6.07, 6.45) is 2.30. The average molecular weight is 240 g/mol. The molecule has 16 heavy (non-hydrogen) atoms. The van der Waals surface area contributed by atoms with E-state index in [-0.39, 0.29) is 6.61 Å². The van der Waals surface area contributed by atoms with Crippen LogP contribution in [0.4, 0.5) is 0 Å². The largest absolute Gasteiger partial charge is 0.482 e. The predicted molar refractivity (Wildman–Crippen MR) is 57.3 cm³/mol. The highest BCUT2D eigenvalue weighted by Crippen LogP contribution is 2.20. The lowest BCUT2D eigenvalue weighted by molar-refractivity contribution is 0.284. The van der Waals surface area contributed by atoms with E-state index in [1.807, 2.05) is 6.92 Å². The van der Waals surface area contributed by atoms with Gasteiger partial charge in [0.1, 0.15) is 0 Å². The van der Waals surface area contributed by atoms with E-state index in [1.54, 1.807) is 18.3 Å². The lowest BCUT2D eigenvalue weighted by Crippen LogP contribution is -1.98. The number of hydrogen-bond acceptors (Lipinski definition) is 5. The summed E-state index contributed by atoms with van der Waals surface area (Å²) in [5, 5.41) is 4.08. The Morgan fingerprint density at radius 3 is 3.06 bits per heavy atom. The summed E-state index contributed by atoms with van der Waals surface area (Å²) in [7, 11) is 0. The molecule has 2 heterocycles. The number of pyridine rings is 1. The van der Waals surface area contributed by atoms with Gasteiger partial charge in [-0.15, -0.1) is 0 Å². The number of hydrogen-bond donors (Lipinski definition) is 0. The summed E-state index contributed by atoms with van der Waals surface area (Å²) in [4.78, 5) is 8.00. The van der Waals surface area contributed by atoms with Gasteiger partial charge in [-0.1, -0.05) is 23.7 Å². The Hall–Kier alpha value is -1.62. The van der Waals surface area contributed by atoms with Crippen molar-refractivity contribution in [2.45, 2.75) is 20.0 Å². The maximum Gasteiger partial charge on any atom is 0.226 e. The van der Waals surface area contributed by atoms with Crippen molar-refractivity contribution >= 4 is 11.6 Å². The first-order valence-electron chi connectivity index (χ1n) is 4.84. The van der Waals surface area contributed by atoms with Gasteiger partial charge < -0.3 is 9.26 Å². The normalized spacial score (nSPS) is 10.4. The van der Waals surface area contributed by atoms with E-state index < -0.39 is 0 Å². The van der Waals surface area contributed by atoms with Crippen LogP contribution in [-0.2, 0) is 13.0 Å². The molecule has 0 fully saturated rings. The molecule has 0 saturated heterocycles. The van der Waals surface area contributed by atoms with Crippen molar-refractivity contribution in [3.05, 3.63) is 35.2 Å². The number of ether oxygens (including phenoxy) is 1.